The van der Waals surface area contributed by atoms with Crippen molar-refractivity contribution in [1.82, 2.24) is 14.5 Å². The zero-order chi connectivity index (χ0) is 20.1. The number of aromatic nitrogens is 2. The van der Waals surface area contributed by atoms with E-state index in [1.807, 2.05) is 49.5 Å². The van der Waals surface area contributed by atoms with E-state index in [4.69, 9.17) is 16.3 Å². The molecule has 0 N–H and O–H groups in total. The Kier molecular flexibility index (Phi) is 7.40. The third-order valence-corrected chi connectivity index (χ3v) is 6.28. The number of hydrogen-bond donors (Lipinski definition) is 0. The molecule has 0 aliphatic heterocycles. The molecule has 0 aliphatic carbocycles. The highest BCUT2D eigenvalue weighted by Crippen LogP contribution is 2.27. The summed E-state index contributed by atoms with van der Waals surface area (Å²) in [5, 5.41) is 1.43. The van der Waals surface area contributed by atoms with Crippen LogP contribution in [0.15, 0.2) is 52.1 Å². The minimum absolute atomic E-state index is 0.0455. The summed E-state index contributed by atoms with van der Waals surface area (Å²) in [7, 11) is 3.49. The first-order chi connectivity index (χ1) is 13.5. The van der Waals surface area contributed by atoms with E-state index in [9.17, 15) is 4.79 Å². The Hall–Kier alpha value is -1.54. The van der Waals surface area contributed by atoms with Crippen molar-refractivity contribution >= 4 is 56.2 Å². The van der Waals surface area contributed by atoms with Gasteiger partial charge in [-0.3, -0.25) is 4.79 Å². The molecule has 0 unspecified atom stereocenters. The molecule has 8 heteroatoms. The Bertz CT molecular complexity index is 979. The van der Waals surface area contributed by atoms with E-state index in [2.05, 4.69) is 25.5 Å². The van der Waals surface area contributed by atoms with Crippen molar-refractivity contribution in [2.24, 2.45) is 0 Å². The average molecular weight is 483 g/mol. The highest BCUT2D eigenvalue weighted by molar-refractivity contribution is 9.10. The number of halogens is 2. The summed E-state index contributed by atoms with van der Waals surface area (Å²) in [6, 6.07) is 13.6. The molecule has 0 aliphatic rings. The van der Waals surface area contributed by atoms with Crippen molar-refractivity contribution in [2.45, 2.75) is 18.2 Å². The third-order valence-electron chi connectivity index (χ3n) is 4.31. The summed E-state index contributed by atoms with van der Waals surface area (Å²) in [6.45, 7) is 1.78. The Morgan fingerprint density at radius 1 is 1.32 bits per heavy atom. The number of carbonyl (C=O) groups excluding carboxylic acids is 1. The number of rotatable bonds is 8. The number of amides is 1. The van der Waals surface area contributed by atoms with E-state index in [0.29, 0.717) is 30.5 Å². The third kappa shape index (κ3) is 5.08. The van der Waals surface area contributed by atoms with E-state index in [-0.39, 0.29) is 5.91 Å². The van der Waals surface area contributed by atoms with Crippen LogP contribution in [0.5, 0.6) is 0 Å². The molecular formula is C20H21BrClN3O2S. The molecule has 0 saturated heterocycles. The molecule has 1 amide bonds. The van der Waals surface area contributed by atoms with Crippen molar-refractivity contribution in [3.8, 4) is 0 Å². The average Bonchev–Trinajstić information content (AvgIpc) is 3.02. The van der Waals surface area contributed by atoms with Gasteiger partial charge in [-0.2, -0.15) is 0 Å². The summed E-state index contributed by atoms with van der Waals surface area (Å²) >= 11 is 11.1. The number of fused-ring (bicyclic) bond motifs is 1. The molecule has 0 radical (unpaired) electrons. The summed E-state index contributed by atoms with van der Waals surface area (Å²) in [4.78, 5) is 19.0. The Balaban J connectivity index is 1.71. The smallest absolute Gasteiger partial charge is 0.233 e. The van der Waals surface area contributed by atoms with Gasteiger partial charge in [-0.25, -0.2) is 4.98 Å². The normalized spacial score (nSPS) is 11.1. The molecule has 2 aromatic carbocycles. The van der Waals surface area contributed by atoms with Crippen molar-refractivity contribution in [1.29, 1.82) is 0 Å². The molecule has 0 bridgehead atoms. The zero-order valence-corrected chi connectivity index (χ0v) is 18.9. The van der Waals surface area contributed by atoms with Gasteiger partial charge in [0.15, 0.2) is 5.16 Å². The largest absolute Gasteiger partial charge is 0.383 e. The fourth-order valence-electron chi connectivity index (χ4n) is 2.80. The van der Waals surface area contributed by atoms with Gasteiger partial charge < -0.3 is 14.2 Å². The van der Waals surface area contributed by atoms with Crippen LogP contribution in [0.4, 0.5) is 0 Å². The first-order valence-electron chi connectivity index (χ1n) is 8.74. The molecule has 3 rings (SSSR count). The minimum atomic E-state index is 0.0455. The van der Waals surface area contributed by atoms with Gasteiger partial charge in [0, 0.05) is 36.7 Å². The standard InChI is InChI=1S/C20H21BrClN3O2S/c1-24(12-14-5-3-4-6-16(14)21)19(26)13-28-20-23-17-11-15(22)7-8-18(17)25(20)9-10-27-2/h3-8,11H,9-10,12-13H2,1-2H3. The van der Waals surface area contributed by atoms with Crippen molar-refractivity contribution in [2.75, 3.05) is 26.5 Å². The maximum Gasteiger partial charge on any atom is 0.233 e. The lowest BCUT2D eigenvalue weighted by atomic mass is 10.2. The van der Waals surface area contributed by atoms with Gasteiger partial charge in [-0.05, 0) is 29.8 Å². The maximum absolute atomic E-state index is 12.6. The van der Waals surface area contributed by atoms with E-state index in [1.54, 1.807) is 12.0 Å². The number of benzene rings is 2. The monoisotopic (exact) mass is 481 g/mol. The van der Waals surface area contributed by atoms with Crippen LogP contribution < -0.4 is 0 Å². The van der Waals surface area contributed by atoms with Crippen LogP contribution in [0.2, 0.25) is 5.02 Å². The number of nitrogens with zero attached hydrogens (tertiary/aromatic N) is 3. The Morgan fingerprint density at radius 2 is 2.11 bits per heavy atom. The van der Waals surface area contributed by atoms with Gasteiger partial charge in [0.1, 0.15) is 0 Å². The summed E-state index contributed by atoms with van der Waals surface area (Å²) in [5.74, 6) is 0.356. The molecule has 148 valence electrons. The predicted octanol–water partition coefficient (Wildman–Crippen LogP) is 4.85. The highest BCUT2D eigenvalue weighted by atomic mass is 79.9. The molecule has 0 fully saturated rings. The lowest BCUT2D eigenvalue weighted by molar-refractivity contribution is -0.127. The Morgan fingerprint density at radius 3 is 2.86 bits per heavy atom. The van der Waals surface area contributed by atoms with E-state index < -0.39 is 0 Å². The van der Waals surface area contributed by atoms with E-state index in [0.717, 1.165) is 26.2 Å². The summed E-state index contributed by atoms with van der Waals surface area (Å²) in [5.41, 5.74) is 2.88. The van der Waals surface area contributed by atoms with Crippen molar-refractivity contribution < 1.29 is 9.53 Å². The lowest BCUT2D eigenvalue weighted by Crippen LogP contribution is -2.28. The molecule has 1 aromatic heterocycles. The topological polar surface area (TPSA) is 47.4 Å². The molecule has 28 heavy (non-hydrogen) atoms. The second-order valence-electron chi connectivity index (χ2n) is 6.30. The maximum atomic E-state index is 12.6. The fraction of sp³-hybridized carbons (Fsp3) is 0.300. The number of hydrogen-bond acceptors (Lipinski definition) is 4. The molecule has 0 saturated carbocycles. The first kappa shape index (κ1) is 21.2. The Labute approximate surface area is 182 Å². The minimum Gasteiger partial charge on any atom is -0.383 e. The lowest BCUT2D eigenvalue weighted by Gasteiger charge is -2.18. The second-order valence-corrected chi connectivity index (χ2v) is 8.54. The van der Waals surface area contributed by atoms with Gasteiger partial charge in [0.2, 0.25) is 5.91 Å². The van der Waals surface area contributed by atoms with Crippen LogP contribution >= 0.6 is 39.3 Å². The zero-order valence-electron chi connectivity index (χ0n) is 15.7. The number of ether oxygens (including phenoxy) is 1. The van der Waals surface area contributed by atoms with Crippen LogP contribution in [0.25, 0.3) is 11.0 Å². The number of thioether (sulfide) groups is 1. The SMILES string of the molecule is COCCn1c(SCC(=O)N(C)Cc2ccccc2Br)nc2cc(Cl)ccc21. The molecule has 0 spiro atoms. The molecular weight excluding hydrogens is 462 g/mol. The quantitative estimate of drug-likeness (QED) is 0.431. The predicted molar refractivity (Wildman–Crippen MR) is 118 cm³/mol. The molecule has 0 atom stereocenters. The van der Waals surface area contributed by atoms with Crippen molar-refractivity contribution in [3.63, 3.8) is 0 Å². The van der Waals surface area contributed by atoms with Crippen LogP contribution in [0.1, 0.15) is 5.56 Å². The van der Waals surface area contributed by atoms with Crippen LogP contribution in [-0.2, 0) is 22.6 Å². The molecule has 3 aromatic rings. The highest BCUT2D eigenvalue weighted by Gasteiger charge is 2.16. The van der Waals surface area contributed by atoms with Gasteiger partial charge in [-0.15, -0.1) is 0 Å². The van der Waals surface area contributed by atoms with Crippen LogP contribution in [0, 0.1) is 0 Å². The molecule has 1 heterocycles. The van der Waals surface area contributed by atoms with Gasteiger partial charge >= 0.3 is 0 Å². The van der Waals surface area contributed by atoms with Gasteiger partial charge in [-0.1, -0.05) is 57.5 Å². The first-order valence-corrected chi connectivity index (χ1v) is 10.9. The number of imidazole rings is 1. The fourth-order valence-corrected chi connectivity index (χ4v) is 4.35. The second kappa shape index (κ2) is 9.78. The summed E-state index contributed by atoms with van der Waals surface area (Å²) < 4.78 is 8.29. The van der Waals surface area contributed by atoms with Crippen LogP contribution in [-0.4, -0.2) is 46.9 Å². The van der Waals surface area contributed by atoms with Crippen molar-refractivity contribution in [3.05, 3.63) is 57.5 Å². The van der Waals surface area contributed by atoms with E-state index in [1.165, 1.54) is 11.8 Å². The van der Waals surface area contributed by atoms with Crippen LogP contribution in [0.3, 0.4) is 0 Å². The molecule has 5 nitrogen and oxygen atoms in total. The van der Waals surface area contributed by atoms with E-state index >= 15 is 0 Å². The number of methoxy groups -OCH3 is 1. The summed E-state index contributed by atoms with van der Waals surface area (Å²) in [6.07, 6.45) is 0. The van der Waals surface area contributed by atoms with Gasteiger partial charge in [0.05, 0.1) is 23.4 Å². The van der Waals surface area contributed by atoms with Gasteiger partial charge in [0.25, 0.3) is 0 Å². The number of carbonyl (C=O) groups is 1.